The lowest BCUT2D eigenvalue weighted by Gasteiger charge is -2.26. The van der Waals surface area contributed by atoms with Gasteiger partial charge in [-0.2, -0.15) is 0 Å². The molecule has 2 aromatic heterocycles. The smallest absolute Gasteiger partial charge is 0.359 e. The summed E-state index contributed by atoms with van der Waals surface area (Å²) in [6.45, 7) is 6.64. The van der Waals surface area contributed by atoms with Crippen molar-refractivity contribution in [3.63, 3.8) is 0 Å². The molecule has 11 nitrogen and oxygen atoms in total. The summed E-state index contributed by atoms with van der Waals surface area (Å²) < 4.78 is 47.3. The maximum atomic E-state index is 8.49. The lowest BCUT2D eigenvalue weighted by atomic mass is 10.2. The van der Waals surface area contributed by atoms with Crippen LogP contribution in [0.15, 0.2) is 28.2 Å². The zero-order chi connectivity index (χ0) is 25.7. The first-order valence-electron chi connectivity index (χ1n) is 11.0. The number of hydrogen-bond acceptors (Lipinski definition) is 12. The number of anilines is 2. The normalized spacial score (nSPS) is 19.9. The molecule has 0 radical (unpaired) electrons. The van der Waals surface area contributed by atoms with Crippen LogP contribution in [0.1, 0.15) is 9.75 Å². The van der Waals surface area contributed by atoms with Crippen molar-refractivity contribution in [1.29, 1.82) is 0 Å². The van der Waals surface area contributed by atoms with Crippen LogP contribution in [0.5, 0.6) is 0 Å². The molecule has 2 saturated heterocycles. The van der Waals surface area contributed by atoms with Crippen molar-refractivity contribution in [3.05, 3.63) is 33.0 Å². The molecule has 196 valence electrons. The van der Waals surface area contributed by atoms with E-state index in [1.54, 1.807) is 23.1 Å². The minimum Gasteiger partial charge on any atom is -0.378 e. The fourth-order valence-electron chi connectivity index (χ4n) is 3.63. The SMILES string of the molecule is CN(C)c1ccc(C(=C2C=NC(=[N+]3CCOCC3)S2)c2cnc(N3CCOCC3)s2)s1.[O-][Cl+3]([O-])([O-])[O-]. The van der Waals surface area contributed by atoms with Crippen molar-refractivity contribution in [1.82, 2.24) is 4.98 Å². The number of thiophene rings is 1. The van der Waals surface area contributed by atoms with Gasteiger partial charge in [-0.3, -0.25) is 0 Å². The van der Waals surface area contributed by atoms with E-state index in [2.05, 4.69) is 40.6 Å². The molecule has 5 rings (SSSR count). The summed E-state index contributed by atoms with van der Waals surface area (Å²) >= 11 is 5.33. The van der Waals surface area contributed by atoms with E-state index in [9.17, 15) is 0 Å². The van der Waals surface area contributed by atoms with Gasteiger partial charge in [0.2, 0.25) is 0 Å². The Bertz CT molecular complexity index is 1120. The van der Waals surface area contributed by atoms with Gasteiger partial charge >= 0.3 is 5.17 Å². The van der Waals surface area contributed by atoms with E-state index < -0.39 is 10.2 Å². The van der Waals surface area contributed by atoms with Crippen LogP contribution >= 0.6 is 34.4 Å². The van der Waals surface area contributed by atoms with Crippen molar-refractivity contribution in [2.24, 2.45) is 4.99 Å². The summed E-state index contributed by atoms with van der Waals surface area (Å²) in [6.07, 6.45) is 4.04. The predicted molar refractivity (Wildman–Crippen MR) is 132 cm³/mol. The second kappa shape index (κ2) is 12.3. The van der Waals surface area contributed by atoms with Gasteiger partial charge in [-0.1, -0.05) is 11.3 Å². The van der Waals surface area contributed by atoms with E-state index in [0.717, 1.165) is 62.9 Å². The molecule has 2 aromatic rings. The summed E-state index contributed by atoms with van der Waals surface area (Å²) in [5.41, 5.74) is 1.23. The molecule has 0 amide bonds. The Balaban J connectivity index is 0.000000556. The first kappa shape index (κ1) is 27.4. The number of thiazole rings is 1. The molecule has 0 aliphatic carbocycles. The quantitative estimate of drug-likeness (QED) is 0.388. The highest BCUT2D eigenvalue weighted by molar-refractivity contribution is 8.18. The molecule has 36 heavy (non-hydrogen) atoms. The zero-order valence-electron chi connectivity index (χ0n) is 19.8. The third-order valence-electron chi connectivity index (χ3n) is 5.32. The lowest BCUT2D eigenvalue weighted by molar-refractivity contribution is -2.00. The highest BCUT2D eigenvalue weighted by Crippen LogP contribution is 2.42. The molecular weight excluding hydrogens is 550 g/mol. The van der Waals surface area contributed by atoms with Crippen molar-refractivity contribution in [2.45, 2.75) is 0 Å². The van der Waals surface area contributed by atoms with Gasteiger partial charge in [0.05, 0.1) is 41.2 Å². The number of thioether (sulfide) groups is 1. The Morgan fingerprint density at radius 3 is 2.31 bits per heavy atom. The van der Waals surface area contributed by atoms with E-state index >= 15 is 0 Å². The second-order valence-electron chi connectivity index (χ2n) is 8.00. The predicted octanol–water partition coefficient (Wildman–Crippen LogP) is -1.67. The van der Waals surface area contributed by atoms with Crippen LogP contribution in [0.25, 0.3) is 5.57 Å². The van der Waals surface area contributed by atoms with E-state index in [1.807, 2.05) is 23.7 Å². The van der Waals surface area contributed by atoms with Crippen molar-refractivity contribution in [2.75, 3.05) is 76.5 Å². The first-order valence-corrected chi connectivity index (χ1v) is 14.7. The van der Waals surface area contributed by atoms with E-state index in [0.29, 0.717) is 0 Å². The zero-order valence-corrected chi connectivity index (χ0v) is 23.0. The Morgan fingerprint density at radius 2 is 1.67 bits per heavy atom. The number of rotatable bonds is 4. The minimum absolute atomic E-state index is 0.764. The van der Waals surface area contributed by atoms with Gasteiger partial charge < -0.3 is 19.3 Å². The number of ether oxygens (including phenoxy) is 2. The Hall–Kier alpha value is -1.59. The number of nitrogens with zero attached hydrogens (tertiary/aromatic N) is 5. The van der Waals surface area contributed by atoms with Crippen LogP contribution < -0.4 is 28.4 Å². The maximum absolute atomic E-state index is 8.49. The number of aliphatic imine (C=N–C) groups is 1. The minimum atomic E-state index is -4.94. The summed E-state index contributed by atoms with van der Waals surface area (Å²) in [4.78, 5) is 17.6. The highest BCUT2D eigenvalue weighted by Gasteiger charge is 2.29. The van der Waals surface area contributed by atoms with Gasteiger partial charge in [0.25, 0.3) is 0 Å². The van der Waals surface area contributed by atoms with Crippen LogP contribution in [0, 0.1) is 10.2 Å². The van der Waals surface area contributed by atoms with Gasteiger partial charge in [-0.25, -0.2) is 28.2 Å². The number of morpholine rings is 2. The highest BCUT2D eigenvalue weighted by atomic mass is 35.7. The van der Waals surface area contributed by atoms with Crippen LogP contribution in [0.3, 0.4) is 0 Å². The molecule has 0 N–H and O–H groups in total. The molecule has 2 fully saturated rings. The number of aromatic nitrogens is 1. The Kier molecular flexibility index (Phi) is 9.38. The Morgan fingerprint density at radius 1 is 1.00 bits per heavy atom. The summed E-state index contributed by atoms with van der Waals surface area (Å²) in [7, 11) is -0.774. The number of amidine groups is 1. The van der Waals surface area contributed by atoms with Gasteiger partial charge in [-0.15, -0.1) is 21.6 Å². The molecule has 0 saturated carbocycles. The molecule has 0 aromatic carbocycles. The van der Waals surface area contributed by atoms with Crippen LogP contribution in [-0.4, -0.2) is 87.6 Å². The second-order valence-corrected chi connectivity index (χ2v) is 11.8. The van der Waals surface area contributed by atoms with Gasteiger partial charge in [0, 0.05) is 55.6 Å². The molecule has 15 heteroatoms. The number of halogens is 1. The summed E-state index contributed by atoms with van der Waals surface area (Å²) in [6, 6.07) is 4.41. The standard InChI is InChI=1S/C21H26N5O2S3.ClHO4/c1-24(2)18-4-3-15(29-18)19(16-13-22-20(30-16)25-5-9-27-10-6-25)17-14-23-21(31-17)26-7-11-28-12-8-26;2-1(3,4)5/h3-4,13-14H,5-12H2,1-2H3;(H,2,3,4,5)/q+1;/p-1. The Labute approximate surface area is 223 Å². The van der Waals surface area contributed by atoms with Crippen LogP contribution in [0.4, 0.5) is 10.1 Å². The van der Waals surface area contributed by atoms with Crippen LogP contribution in [-0.2, 0) is 9.47 Å². The largest absolute Gasteiger partial charge is 0.378 e. The van der Waals surface area contributed by atoms with Gasteiger partial charge in [0.1, 0.15) is 13.1 Å². The van der Waals surface area contributed by atoms with E-state index in [4.69, 9.17) is 38.1 Å². The van der Waals surface area contributed by atoms with Gasteiger partial charge in [-0.05, 0) is 17.1 Å². The van der Waals surface area contributed by atoms with Crippen molar-refractivity contribution >= 4 is 61.5 Å². The number of allylic oxidation sites excluding steroid dienone is 1. The molecule has 0 atom stereocenters. The fourth-order valence-corrected chi connectivity index (χ4v) is 6.91. The topological polar surface area (TPSA) is 145 Å². The molecule has 3 aliphatic heterocycles. The van der Waals surface area contributed by atoms with Crippen molar-refractivity contribution in [3.8, 4) is 0 Å². The molecule has 0 bridgehead atoms. The first-order chi connectivity index (χ1) is 17.2. The molecular formula is C21H26ClN5O6S3. The average molecular weight is 576 g/mol. The third-order valence-corrected chi connectivity index (χ3v) is 8.74. The average Bonchev–Trinajstić information content (AvgIpc) is 3.62. The fraction of sp³-hybridized carbons (Fsp3) is 0.476. The van der Waals surface area contributed by atoms with Gasteiger partial charge in [0.15, 0.2) is 11.3 Å². The van der Waals surface area contributed by atoms with Crippen LogP contribution in [0.2, 0.25) is 0 Å². The van der Waals surface area contributed by atoms with E-state index in [1.165, 1.54) is 25.2 Å². The maximum Gasteiger partial charge on any atom is 0.359 e. The number of hydrogen-bond donors (Lipinski definition) is 0. The molecule has 5 heterocycles. The van der Waals surface area contributed by atoms with E-state index in [-0.39, 0.29) is 0 Å². The van der Waals surface area contributed by atoms with Crippen molar-refractivity contribution < 1.29 is 42.9 Å². The third kappa shape index (κ3) is 7.47. The monoisotopic (exact) mass is 575 g/mol. The molecule has 0 spiro atoms. The summed E-state index contributed by atoms with van der Waals surface area (Å²) in [5.74, 6) is 0. The molecule has 0 unspecified atom stereocenters. The molecule has 3 aliphatic rings. The lowest BCUT2D eigenvalue weighted by Crippen LogP contribution is -2.68. The summed E-state index contributed by atoms with van der Waals surface area (Å²) in [5, 5.41) is 3.37.